The summed E-state index contributed by atoms with van der Waals surface area (Å²) >= 11 is 0. The summed E-state index contributed by atoms with van der Waals surface area (Å²) < 4.78 is 19.3. The number of carbonyl (C=O) groups excluding carboxylic acids is 1. The lowest BCUT2D eigenvalue weighted by Gasteiger charge is -2.32. The molecule has 1 aromatic heterocycles. The van der Waals surface area contributed by atoms with E-state index in [4.69, 9.17) is 4.74 Å². The minimum atomic E-state index is -0.363. The van der Waals surface area contributed by atoms with Crippen LogP contribution in [0.4, 0.5) is 4.39 Å². The zero-order chi connectivity index (χ0) is 17.8. The summed E-state index contributed by atoms with van der Waals surface area (Å²) in [5, 5.41) is 0. The van der Waals surface area contributed by atoms with Gasteiger partial charge >= 0.3 is 0 Å². The molecule has 0 aliphatic carbocycles. The fraction of sp³-hybridized carbons (Fsp3) is 0.421. The minimum absolute atomic E-state index is 0.0795. The Morgan fingerprint density at radius 3 is 2.88 bits per heavy atom. The lowest BCUT2D eigenvalue weighted by Crippen LogP contribution is -2.42. The van der Waals surface area contributed by atoms with Crippen LogP contribution in [-0.2, 0) is 0 Å². The fourth-order valence-electron chi connectivity index (χ4n) is 3.14. The van der Waals surface area contributed by atoms with Gasteiger partial charge in [-0.25, -0.2) is 14.4 Å². The van der Waals surface area contributed by atoms with E-state index >= 15 is 0 Å². The predicted octanol–water partition coefficient (Wildman–Crippen LogP) is 3.16. The topological polar surface area (TPSA) is 55.3 Å². The highest BCUT2D eigenvalue weighted by molar-refractivity contribution is 5.92. The molecule has 0 spiro atoms. The van der Waals surface area contributed by atoms with E-state index in [-0.39, 0.29) is 23.4 Å². The molecule has 1 aliphatic rings. The molecule has 5 nitrogen and oxygen atoms in total. The first-order valence-corrected chi connectivity index (χ1v) is 8.52. The highest BCUT2D eigenvalue weighted by atomic mass is 19.1. The van der Waals surface area contributed by atoms with Gasteiger partial charge in [-0.3, -0.25) is 4.79 Å². The van der Waals surface area contributed by atoms with Crippen molar-refractivity contribution in [1.29, 1.82) is 0 Å². The van der Waals surface area contributed by atoms with Crippen LogP contribution in [0.3, 0.4) is 0 Å². The van der Waals surface area contributed by atoms with Crippen molar-refractivity contribution in [1.82, 2.24) is 14.9 Å². The molecule has 1 saturated heterocycles. The van der Waals surface area contributed by atoms with Crippen molar-refractivity contribution >= 4 is 5.91 Å². The first-order valence-electron chi connectivity index (χ1n) is 8.52. The molecule has 0 N–H and O–H groups in total. The number of aromatic nitrogens is 2. The molecular weight excluding hydrogens is 321 g/mol. The quantitative estimate of drug-likeness (QED) is 0.856. The van der Waals surface area contributed by atoms with Gasteiger partial charge in [-0.05, 0) is 44.9 Å². The first-order chi connectivity index (χ1) is 12.0. The van der Waals surface area contributed by atoms with Crippen LogP contribution in [0.5, 0.6) is 5.75 Å². The Kier molecular flexibility index (Phi) is 5.26. The number of amides is 1. The number of aryl methyl sites for hydroxylation is 2. The summed E-state index contributed by atoms with van der Waals surface area (Å²) in [4.78, 5) is 23.0. The molecular formula is C19H22FN3O2. The van der Waals surface area contributed by atoms with E-state index in [1.165, 1.54) is 6.07 Å². The van der Waals surface area contributed by atoms with Crippen LogP contribution < -0.4 is 4.74 Å². The Labute approximate surface area is 146 Å². The molecule has 0 radical (unpaired) electrons. The Morgan fingerprint density at radius 1 is 1.32 bits per heavy atom. The largest absolute Gasteiger partial charge is 0.490 e. The maximum atomic E-state index is 13.6. The van der Waals surface area contributed by atoms with Crippen LogP contribution in [0.15, 0.2) is 30.3 Å². The van der Waals surface area contributed by atoms with Gasteiger partial charge < -0.3 is 9.64 Å². The Hall–Kier alpha value is -2.50. The number of likely N-dealkylation sites (tertiary alicyclic amines) is 1. The van der Waals surface area contributed by atoms with E-state index in [1.54, 1.807) is 36.1 Å². The van der Waals surface area contributed by atoms with Crippen molar-refractivity contribution in [2.24, 2.45) is 5.92 Å². The van der Waals surface area contributed by atoms with Gasteiger partial charge in [0.15, 0.2) is 11.6 Å². The molecule has 0 bridgehead atoms. The van der Waals surface area contributed by atoms with E-state index in [0.29, 0.717) is 31.2 Å². The lowest BCUT2D eigenvalue weighted by molar-refractivity contribution is 0.0625. The van der Waals surface area contributed by atoms with E-state index in [2.05, 4.69) is 9.97 Å². The SMILES string of the molecule is Cc1cc(C(=O)N2CCCC(COc3ccccc3F)C2)nc(C)n1. The number of benzene rings is 1. The molecule has 3 rings (SSSR count). The summed E-state index contributed by atoms with van der Waals surface area (Å²) in [6, 6.07) is 8.10. The standard InChI is InChI=1S/C19H22FN3O2/c1-13-10-17(22-14(2)21-13)19(24)23-9-5-6-15(11-23)12-25-18-8-4-3-7-16(18)20/h3-4,7-8,10,15H,5-6,9,11-12H2,1-2H3. The first kappa shape index (κ1) is 17.3. The fourth-order valence-corrected chi connectivity index (χ4v) is 3.14. The Balaban J connectivity index is 1.62. The van der Waals surface area contributed by atoms with Crippen LogP contribution in [0.1, 0.15) is 34.8 Å². The highest BCUT2D eigenvalue weighted by Gasteiger charge is 2.26. The minimum Gasteiger partial charge on any atom is -0.490 e. The van der Waals surface area contributed by atoms with Crippen molar-refractivity contribution in [2.45, 2.75) is 26.7 Å². The monoisotopic (exact) mass is 343 g/mol. The molecule has 2 heterocycles. The number of hydrogen-bond donors (Lipinski definition) is 0. The molecule has 1 fully saturated rings. The maximum absolute atomic E-state index is 13.6. The second-order valence-corrected chi connectivity index (χ2v) is 6.44. The zero-order valence-corrected chi connectivity index (χ0v) is 14.5. The number of hydrogen-bond acceptors (Lipinski definition) is 4. The number of ether oxygens (including phenoxy) is 1. The molecule has 1 atom stereocenters. The molecule has 1 amide bonds. The van der Waals surface area contributed by atoms with Gasteiger partial charge in [0, 0.05) is 24.7 Å². The third-order valence-corrected chi connectivity index (χ3v) is 4.30. The van der Waals surface area contributed by atoms with E-state index in [9.17, 15) is 9.18 Å². The molecule has 1 aliphatic heterocycles. The predicted molar refractivity (Wildman–Crippen MR) is 92.0 cm³/mol. The Morgan fingerprint density at radius 2 is 2.12 bits per heavy atom. The summed E-state index contributed by atoms with van der Waals surface area (Å²) in [6.07, 6.45) is 1.86. The second-order valence-electron chi connectivity index (χ2n) is 6.44. The Bertz CT molecular complexity index is 746. The smallest absolute Gasteiger partial charge is 0.272 e. The van der Waals surface area contributed by atoms with Crippen molar-refractivity contribution in [3.63, 3.8) is 0 Å². The molecule has 6 heteroatoms. The maximum Gasteiger partial charge on any atom is 0.272 e. The molecule has 1 aromatic carbocycles. The molecule has 0 saturated carbocycles. The summed E-state index contributed by atoms with van der Waals surface area (Å²) in [7, 11) is 0. The average molecular weight is 343 g/mol. The summed E-state index contributed by atoms with van der Waals surface area (Å²) in [6.45, 7) is 5.33. The van der Waals surface area contributed by atoms with E-state index < -0.39 is 0 Å². The van der Waals surface area contributed by atoms with Crippen LogP contribution in [-0.4, -0.2) is 40.5 Å². The van der Waals surface area contributed by atoms with Crippen molar-refractivity contribution < 1.29 is 13.9 Å². The van der Waals surface area contributed by atoms with Crippen molar-refractivity contribution in [3.05, 3.63) is 53.4 Å². The van der Waals surface area contributed by atoms with Gasteiger partial charge in [-0.1, -0.05) is 12.1 Å². The zero-order valence-electron chi connectivity index (χ0n) is 14.5. The molecule has 2 aromatic rings. The lowest BCUT2D eigenvalue weighted by atomic mass is 9.98. The molecule has 25 heavy (non-hydrogen) atoms. The van der Waals surface area contributed by atoms with Gasteiger partial charge in [-0.15, -0.1) is 0 Å². The number of nitrogens with zero attached hydrogens (tertiary/aromatic N) is 3. The van der Waals surface area contributed by atoms with Gasteiger partial charge in [0.05, 0.1) is 6.61 Å². The van der Waals surface area contributed by atoms with Gasteiger partial charge in [0.25, 0.3) is 5.91 Å². The van der Waals surface area contributed by atoms with Crippen LogP contribution in [0.25, 0.3) is 0 Å². The van der Waals surface area contributed by atoms with E-state index in [0.717, 1.165) is 18.5 Å². The van der Waals surface area contributed by atoms with Crippen molar-refractivity contribution in [3.8, 4) is 5.75 Å². The van der Waals surface area contributed by atoms with E-state index in [1.807, 2.05) is 6.92 Å². The number of carbonyl (C=O) groups is 1. The number of halogens is 1. The third-order valence-electron chi connectivity index (χ3n) is 4.30. The number of piperidine rings is 1. The van der Waals surface area contributed by atoms with Gasteiger partial charge in [-0.2, -0.15) is 0 Å². The van der Waals surface area contributed by atoms with Gasteiger partial charge in [0.2, 0.25) is 0 Å². The second kappa shape index (κ2) is 7.59. The highest BCUT2D eigenvalue weighted by Crippen LogP contribution is 2.21. The van der Waals surface area contributed by atoms with Crippen LogP contribution in [0.2, 0.25) is 0 Å². The third kappa shape index (κ3) is 4.32. The average Bonchev–Trinajstić information content (AvgIpc) is 2.60. The molecule has 132 valence electrons. The number of para-hydroxylation sites is 1. The normalized spacial score (nSPS) is 17.4. The van der Waals surface area contributed by atoms with Crippen LogP contribution in [0, 0.1) is 25.6 Å². The summed E-state index contributed by atoms with van der Waals surface area (Å²) in [5.74, 6) is 0.594. The van der Waals surface area contributed by atoms with Gasteiger partial charge in [0.1, 0.15) is 11.5 Å². The number of rotatable bonds is 4. The van der Waals surface area contributed by atoms with Crippen LogP contribution >= 0.6 is 0 Å². The molecule has 1 unspecified atom stereocenters. The summed E-state index contributed by atoms with van der Waals surface area (Å²) in [5.41, 5.74) is 1.22. The van der Waals surface area contributed by atoms with Crippen molar-refractivity contribution in [2.75, 3.05) is 19.7 Å².